The molecule has 1 unspecified atom stereocenters. The summed E-state index contributed by atoms with van der Waals surface area (Å²) in [6.45, 7) is 1.58. The Kier molecular flexibility index (Phi) is 5.80. The van der Waals surface area contributed by atoms with Crippen LogP contribution >= 0.6 is 11.6 Å². The number of halogens is 1. The Hall–Kier alpha value is -4.25. The van der Waals surface area contributed by atoms with Crippen molar-refractivity contribution in [3.63, 3.8) is 0 Å². The van der Waals surface area contributed by atoms with Crippen LogP contribution in [0.4, 0.5) is 28.8 Å². The molecule has 3 aromatic rings. The van der Waals surface area contributed by atoms with Crippen LogP contribution in [0.15, 0.2) is 47.3 Å². The maximum absolute atomic E-state index is 12.9. The minimum Gasteiger partial charge on any atom is -0.326 e. The molecule has 0 fully saturated rings. The molecule has 1 atom stereocenters. The van der Waals surface area contributed by atoms with Crippen LogP contribution < -0.4 is 21.5 Å². The fraction of sp³-hybridized carbons (Fsp3) is 0.143. The van der Waals surface area contributed by atoms with Gasteiger partial charge in [-0.1, -0.05) is 17.7 Å². The van der Waals surface area contributed by atoms with Crippen molar-refractivity contribution in [2.24, 2.45) is 0 Å². The van der Waals surface area contributed by atoms with Crippen LogP contribution in [-0.2, 0) is 9.59 Å². The smallest absolute Gasteiger partial charge is 0.274 e. The van der Waals surface area contributed by atoms with Crippen molar-refractivity contribution in [3.8, 4) is 0 Å². The van der Waals surface area contributed by atoms with Crippen molar-refractivity contribution in [3.05, 3.63) is 79.1 Å². The molecule has 12 heteroatoms. The predicted molar refractivity (Wildman–Crippen MR) is 122 cm³/mol. The van der Waals surface area contributed by atoms with Crippen molar-refractivity contribution >= 4 is 52.2 Å². The van der Waals surface area contributed by atoms with Gasteiger partial charge in [0.05, 0.1) is 16.4 Å². The van der Waals surface area contributed by atoms with Crippen molar-refractivity contribution in [2.75, 3.05) is 16.0 Å². The molecule has 168 valence electrons. The average Bonchev–Trinajstić information content (AvgIpc) is 2.75. The van der Waals surface area contributed by atoms with Crippen molar-refractivity contribution in [1.29, 1.82) is 0 Å². The minimum atomic E-state index is -1.13. The summed E-state index contributed by atoms with van der Waals surface area (Å²) in [6, 6.07) is 10.9. The third-order valence-electron chi connectivity index (χ3n) is 5.05. The number of aromatic amines is 1. The summed E-state index contributed by atoms with van der Waals surface area (Å²) in [5, 5.41) is 19.7. The standard InChI is InChI=1S/C21H17ClN6O5/c1-10-2-5-13(8-15(10)28(32)33)23-19(30)14-9-16(29)25-18-17(14)20(31)27-21(26-18)24-12-6-3-11(22)4-7-12/h2-8,14H,9H2,1H3,(H,23,30)(H3,24,25,26,27,29,31). The monoisotopic (exact) mass is 468 g/mol. The number of amides is 2. The molecule has 0 spiro atoms. The molecule has 0 saturated heterocycles. The summed E-state index contributed by atoms with van der Waals surface area (Å²) in [4.78, 5) is 55.4. The number of hydrogen-bond acceptors (Lipinski definition) is 7. The summed E-state index contributed by atoms with van der Waals surface area (Å²) < 4.78 is 0. The van der Waals surface area contributed by atoms with Crippen molar-refractivity contribution < 1.29 is 14.5 Å². The predicted octanol–water partition coefficient (Wildman–Crippen LogP) is 3.45. The van der Waals surface area contributed by atoms with Gasteiger partial charge in [-0.2, -0.15) is 4.98 Å². The quantitative estimate of drug-likeness (QED) is 0.329. The van der Waals surface area contributed by atoms with E-state index in [2.05, 4.69) is 25.9 Å². The highest BCUT2D eigenvalue weighted by Gasteiger charge is 2.35. The number of carbonyl (C=O) groups excluding carboxylic acids is 2. The van der Waals surface area contributed by atoms with E-state index in [1.165, 1.54) is 18.2 Å². The van der Waals surface area contributed by atoms with E-state index in [1.54, 1.807) is 31.2 Å². The van der Waals surface area contributed by atoms with Crippen LogP contribution in [0.1, 0.15) is 23.5 Å². The van der Waals surface area contributed by atoms with Crippen LogP contribution in [0.3, 0.4) is 0 Å². The molecule has 2 amide bonds. The van der Waals surface area contributed by atoms with E-state index < -0.39 is 28.2 Å². The second-order valence-corrected chi connectivity index (χ2v) is 7.80. The number of rotatable bonds is 5. The van der Waals surface area contributed by atoms with E-state index in [0.717, 1.165) is 0 Å². The summed E-state index contributed by atoms with van der Waals surface area (Å²) >= 11 is 5.87. The third-order valence-corrected chi connectivity index (χ3v) is 5.30. The van der Waals surface area contributed by atoms with Gasteiger partial charge >= 0.3 is 0 Å². The van der Waals surface area contributed by atoms with Gasteiger partial charge in [0.2, 0.25) is 17.8 Å². The molecule has 2 heterocycles. The number of nitro benzene ring substituents is 1. The number of hydrogen-bond donors (Lipinski definition) is 4. The molecule has 2 aromatic carbocycles. The Labute approximate surface area is 191 Å². The Bertz CT molecular complexity index is 1340. The SMILES string of the molecule is Cc1ccc(NC(=O)C2CC(=O)Nc3nc(Nc4ccc(Cl)cc4)[nH]c(=O)c32)cc1[N+](=O)[O-]. The average molecular weight is 469 g/mol. The number of aromatic nitrogens is 2. The molecule has 1 aliphatic heterocycles. The van der Waals surface area contributed by atoms with Crippen LogP contribution in [0.25, 0.3) is 0 Å². The Morgan fingerprint density at radius 2 is 1.88 bits per heavy atom. The van der Waals surface area contributed by atoms with Crippen molar-refractivity contribution in [2.45, 2.75) is 19.3 Å². The molecule has 33 heavy (non-hydrogen) atoms. The second kappa shape index (κ2) is 8.71. The number of nitrogens with one attached hydrogen (secondary N) is 4. The van der Waals surface area contributed by atoms with E-state index in [4.69, 9.17) is 11.6 Å². The molecule has 0 saturated carbocycles. The van der Waals surface area contributed by atoms with Gasteiger partial charge in [0, 0.05) is 34.4 Å². The number of fused-ring (bicyclic) bond motifs is 1. The lowest BCUT2D eigenvalue weighted by atomic mass is 9.92. The molecule has 11 nitrogen and oxygen atoms in total. The lowest BCUT2D eigenvalue weighted by molar-refractivity contribution is -0.385. The van der Waals surface area contributed by atoms with E-state index in [1.807, 2.05) is 0 Å². The maximum Gasteiger partial charge on any atom is 0.274 e. The van der Waals surface area contributed by atoms with Gasteiger partial charge in [-0.3, -0.25) is 29.5 Å². The lowest BCUT2D eigenvalue weighted by Crippen LogP contribution is -2.36. The zero-order valence-electron chi connectivity index (χ0n) is 17.1. The first-order valence-corrected chi connectivity index (χ1v) is 10.1. The first-order valence-electron chi connectivity index (χ1n) is 9.74. The van der Waals surface area contributed by atoms with Gasteiger partial charge < -0.3 is 16.0 Å². The van der Waals surface area contributed by atoms with E-state index >= 15 is 0 Å². The highest BCUT2D eigenvalue weighted by molar-refractivity contribution is 6.30. The first-order chi connectivity index (χ1) is 15.7. The fourth-order valence-electron chi connectivity index (χ4n) is 3.44. The second-order valence-electron chi connectivity index (χ2n) is 7.36. The topological polar surface area (TPSA) is 159 Å². The summed E-state index contributed by atoms with van der Waals surface area (Å²) in [5.74, 6) is -2.25. The normalized spacial score (nSPS) is 14.7. The fourth-order valence-corrected chi connectivity index (χ4v) is 3.56. The number of nitro groups is 1. The number of nitrogens with zero attached hydrogens (tertiary/aromatic N) is 2. The molecule has 0 bridgehead atoms. The zero-order valence-corrected chi connectivity index (χ0v) is 17.9. The highest BCUT2D eigenvalue weighted by Crippen LogP contribution is 2.31. The van der Waals surface area contributed by atoms with Crippen molar-refractivity contribution in [1.82, 2.24) is 9.97 Å². The number of H-pyrrole nitrogens is 1. The highest BCUT2D eigenvalue weighted by atomic mass is 35.5. The Balaban J connectivity index is 1.63. The van der Waals surface area contributed by atoms with Crippen LogP contribution in [-0.4, -0.2) is 26.7 Å². The Morgan fingerprint density at radius 1 is 1.18 bits per heavy atom. The number of aryl methyl sites for hydroxylation is 1. The molecular weight excluding hydrogens is 452 g/mol. The minimum absolute atomic E-state index is 0.00429. The molecule has 0 radical (unpaired) electrons. The largest absolute Gasteiger partial charge is 0.326 e. The third kappa shape index (κ3) is 4.67. The van der Waals surface area contributed by atoms with Crippen LogP contribution in [0.5, 0.6) is 0 Å². The van der Waals surface area contributed by atoms with Crippen LogP contribution in [0, 0.1) is 17.0 Å². The van der Waals surface area contributed by atoms with Gasteiger partial charge in [0.25, 0.3) is 11.2 Å². The Morgan fingerprint density at radius 3 is 2.58 bits per heavy atom. The van der Waals surface area contributed by atoms with Gasteiger partial charge in [0.1, 0.15) is 5.82 Å². The lowest BCUT2D eigenvalue weighted by Gasteiger charge is -2.23. The van der Waals surface area contributed by atoms with Gasteiger partial charge in [0.15, 0.2) is 0 Å². The molecule has 0 aliphatic carbocycles. The molecule has 4 N–H and O–H groups in total. The number of benzene rings is 2. The molecule has 1 aliphatic rings. The first kappa shape index (κ1) is 22.0. The summed E-state index contributed by atoms with van der Waals surface area (Å²) in [5.41, 5.74) is 0.436. The summed E-state index contributed by atoms with van der Waals surface area (Å²) in [6.07, 6.45) is -0.276. The molecule has 4 rings (SSSR count). The van der Waals surface area contributed by atoms with Gasteiger partial charge in [-0.15, -0.1) is 0 Å². The van der Waals surface area contributed by atoms with Crippen LogP contribution in [0.2, 0.25) is 5.02 Å². The number of carbonyl (C=O) groups is 2. The maximum atomic E-state index is 12.9. The van der Waals surface area contributed by atoms with Gasteiger partial charge in [-0.25, -0.2) is 0 Å². The van der Waals surface area contributed by atoms with Gasteiger partial charge in [-0.05, 0) is 37.3 Å². The van der Waals surface area contributed by atoms with E-state index in [0.29, 0.717) is 16.3 Å². The van der Waals surface area contributed by atoms with E-state index in [9.17, 15) is 24.5 Å². The summed E-state index contributed by atoms with van der Waals surface area (Å²) in [7, 11) is 0. The van der Waals surface area contributed by atoms with E-state index in [-0.39, 0.29) is 35.1 Å². The zero-order chi connectivity index (χ0) is 23.7. The molecular formula is C21H17ClN6O5. The number of anilines is 4. The molecule has 1 aromatic heterocycles.